The van der Waals surface area contributed by atoms with Crippen molar-refractivity contribution < 1.29 is 19.5 Å². The fourth-order valence-electron chi connectivity index (χ4n) is 3.16. The van der Waals surface area contributed by atoms with Crippen LogP contribution >= 0.6 is 34.8 Å². The van der Waals surface area contributed by atoms with Gasteiger partial charge in [-0.1, -0.05) is 46.9 Å². The number of nitrogens with zero attached hydrogens (tertiary/aromatic N) is 1. The number of phenolic OH excluding ortho intramolecular Hbond substituents is 1. The van der Waals surface area contributed by atoms with Crippen LogP contribution in [0.5, 0.6) is 5.75 Å². The molecular weight excluding hydrogens is 489 g/mol. The van der Waals surface area contributed by atoms with Gasteiger partial charge in [0, 0.05) is 28.0 Å². The molecule has 3 N–H and O–H groups in total. The number of phenols is 1. The average Bonchev–Trinajstić information content (AvgIpc) is 2.97. The van der Waals surface area contributed by atoms with Crippen LogP contribution in [-0.2, 0) is 9.59 Å². The van der Waals surface area contributed by atoms with Crippen LogP contribution in [0.4, 0.5) is 17.1 Å². The minimum absolute atomic E-state index is 0.0135. The van der Waals surface area contributed by atoms with E-state index >= 15 is 0 Å². The quantitative estimate of drug-likeness (QED) is 0.407. The highest BCUT2D eigenvalue weighted by atomic mass is 35.5. The molecule has 4 rings (SSSR count). The van der Waals surface area contributed by atoms with Crippen LogP contribution in [0.15, 0.2) is 77.5 Å². The standard InChI is InChI=1S/C23H14Cl3N3O4/c24-13-7-8-18(17(25)10-13)29-22(32)19(26)20(23(29)33)27-14-4-1-3-12(9-14)21(31)28-15-5-2-6-16(30)11-15/h1-11,27,30H,(H,28,31). The molecule has 0 saturated heterocycles. The van der Waals surface area contributed by atoms with Crippen LogP contribution in [0.25, 0.3) is 0 Å². The maximum Gasteiger partial charge on any atom is 0.283 e. The Labute approximate surface area is 203 Å². The zero-order valence-electron chi connectivity index (χ0n) is 16.6. The molecular formula is C23H14Cl3N3O4. The molecule has 0 unspecified atom stereocenters. The van der Waals surface area contributed by atoms with Gasteiger partial charge in [-0.25, -0.2) is 4.90 Å². The lowest BCUT2D eigenvalue weighted by molar-refractivity contribution is -0.120. The number of rotatable bonds is 5. The number of carbonyl (C=O) groups excluding carboxylic acids is 3. The third-order valence-corrected chi connectivity index (χ3v) is 5.56. The number of halogens is 3. The maximum atomic E-state index is 13.0. The molecule has 1 aliphatic heterocycles. The van der Waals surface area contributed by atoms with E-state index in [9.17, 15) is 19.5 Å². The molecule has 0 radical (unpaired) electrons. The molecule has 0 spiro atoms. The predicted molar refractivity (Wildman–Crippen MR) is 128 cm³/mol. The topological polar surface area (TPSA) is 98.7 Å². The van der Waals surface area contributed by atoms with Crippen molar-refractivity contribution in [1.82, 2.24) is 0 Å². The van der Waals surface area contributed by atoms with Gasteiger partial charge in [0.2, 0.25) is 0 Å². The fraction of sp³-hybridized carbons (Fsp3) is 0. The first-order valence-corrected chi connectivity index (χ1v) is 10.6. The molecule has 3 amide bonds. The summed E-state index contributed by atoms with van der Waals surface area (Å²) in [7, 11) is 0. The van der Waals surface area contributed by atoms with E-state index in [2.05, 4.69) is 10.6 Å². The second kappa shape index (κ2) is 9.15. The molecule has 1 heterocycles. The number of benzene rings is 3. The minimum atomic E-state index is -0.744. The number of carbonyl (C=O) groups is 3. The van der Waals surface area contributed by atoms with Gasteiger partial charge in [-0.05, 0) is 48.5 Å². The maximum absolute atomic E-state index is 13.0. The Morgan fingerprint density at radius 3 is 2.30 bits per heavy atom. The number of anilines is 3. The molecule has 3 aromatic rings. The van der Waals surface area contributed by atoms with Gasteiger partial charge in [-0.3, -0.25) is 14.4 Å². The van der Waals surface area contributed by atoms with Gasteiger partial charge in [-0.15, -0.1) is 0 Å². The van der Waals surface area contributed by atoms with Crippen molar-refractivity contribution in [3.8, 4) is 5.75 Å². The zero-order valence-corrected chi connectivity index (χ0v) is 18.9. The average molecular weight is 503 g/mol. The molecule has 33 heavy (non-hydrogen) atoms. The Balaban J connectivity index is 1.56. The van der Waals surface area contributed by atoms with E-state index in [4.69, 9.17) is 34.8 Å². The van der Waals surface area contributed by atoms with E-state index in [1.165, 1.54) is 36.4 Å². The SMILES string of the molecule is O=C(Nc1cccc(O)c1)c1cccc(NC2=C(Cl)C(=O)N(c3ccc(Cl)cc3Cl)C2=O)c1. The van der Waals surface area contributed by atoms with Crippen molar-refractivity contribution in [2.75, 3.05) is 15.5 Å². The molecule has 7 nitrogen and oxygen atoms in total. The van der Waals surface area contributed by atoms with Crippen LogP contribution in [-0.4, -0.2) is 22.8 Å². The van der Waals surface area contributed by atoms with Gasteiger partial charge in [0.05, 0.1) is 10.7 Å². The second-order valence-corrected chi connectivity index (χ2v) is 8.16. The predicted octanol–water partition coefficient (Wildman–Crippen LogP) is 5.39. The highest BCUT2D eigenvalue weighted by molar-refractivity contribution is 6.54. The van der Waals surface area contributed by atoms with Gasteiger partial charge >= 0.3 is 0 Å². The number of aromatic hydroxyl groups is 1. The van der Waals surface area contributed by atoms with E-state index in [0.717, 1.165) is 4.90 Å². The number of hydrogen-bond donors (Lipinski definition) is 3. The number of nitrogens with one attached hydrogen (secondary N) is 2. The van der Waals surface area contributed by atoms with Crippen molar-refractivity contribution in [3.63, 3.8) is 0 Å². The van der Waals surface area contributed by atoms with Gasteiger partial charge in [0.15, 0.2) is 0 Å². The zero-order chi connectivity index (χ0) is 23.7. The highest BCUT2D eigenvalue weighted by Gasteiger charge is 2.39. The van der Waals surface area contributed by atoms with E-state index in [1.807, 2.05) is 0 Å². The van der Waals surface area contributed by atoms with Gasteiger partial charge < -0.3 is 15.7 Å². The molecule has 1 aliphatic rings. The van der Waals surface area contributed by atoms with Crippen LogP contribution in [0.1, 0.15) is 10.4 Å². The first kappa shape index (κ1) is 22.7. The Hall–Kier alpha value is -3.52. The Morgan fingerprint density at radius 2 is 1.58 bits per heavy atom. The summed E-state index contributed by atoms with van der Waals surface area (Å²) in [5, 5.41) is 15.2. The second-order valence-electron chi connectivity index (χ2n) is 6.94. The molecule has 0 bridgehead atoms. The van der Waals surface area contributed by atoms with E-state index in [1.54, 1.807) is 30.3 Å². The molecule has 0 aliphatic carbocycles. The van der Waals surface area contributed by atoms with E-state index in [0.29, 0.717) is 16.4 Å². The van der Waals surface area contributed by atoms with Gasteiger partial charge in [-0.2, -0.15) is 0 Å². The van der Waals surface area contributed by atoms with Crippen molar-refractivity contribution in [2.24, 2.45) is 0 Å². The van der Waals surface area contributed by atoms with Crippen molar-refractivity contribution in [2.45, 2.75) is 0 Å². The Bertz CT molecular complexity index is 1340. The van der Waals surface area contributed by atoms with Crippen LogP contribution < -0.4 is 15.5 Å². The fourth-order valence-corrected chi connectivity index (χ4v) is 3.87. The van der Waals surface area contributed by atoms with Gasteiger partial charge in [0.1, 0.15) is 16.5 Å². The van der Waals surface area contributed by atoms with E-state index in [-0.39, 0.29) is 32.8 Å². The van der Waals surface area contributed by atoms with E-state index < -0.39 is 17.7 Å². The number of hydrogen-bond acceptors (Lipinski definition) is 5. The van der Waals surface area contributed by atoms with Crippen molar-refractivity contribution in [3.05, 3.63) is 93.1 Å². The molecule has 0 atom stereocenters. The van der Waals surface area contributed by atoms with Crippen molar-refractivity contribution in [1.29, 1.82) is 0 Å². The summed E-state index contributed by atoms with van der Waals surface area (Å²) in [5.74, 6) is -1.87. The summed E-state index contributed by atoms with van der Waals surface area (Å²) in [6.07, 6.45) is 0. The van der Waals surface area contributed by atoms with Crippen LogP contribution in [0.3, 0.4) is 0 Å². The van der Waals surface area contributed by atoms with Crippen LogP contribution in [0, 0.1) is 0 Å². The molecule has 0 aromatic heterocycles. The van der Waals surface area contributed by atoms with Gasteiger partial charge in [0.25, 0.3) is 17.7 Å². The molecule has 0 fully saturated rings. The Kier molecular flexibility index (Phi) is 6.29. The monoisotopic (exact) mass is 501 g/mol. The number of amides is 3. The summed E-state index contributed by atoms with van der Waals surface area (Å²) < 4.78 is 0. The largest absolute Gasteiger partial charge is 0.508 e. The molecule has 0 saturated carbocycles. The highest BCUT2D eigenvalue weighted by Crippen LogP contribution is 2.35. The lowest BCUT2D eigenvalue weighted by atomic mass is 10.1. The summed E-state index contributed by atoms with van der Waals surface area (Å²) in [6.45, 7) is 0. The molecule has 10 heteroatoms. The summed E-state index contributed by atoms with van der Waals surface area (Å²) in [5.41, 5.74) is 1.03. The molecule has 3 aromatic carbocycles. The summed E-state index contributed by atoms with van der Waals surface area (Å²) >= 11 is 18.2. The van der Waals surface area contributed by atoms with Crippen molar-refractivity contribution >= 4 is 69.6 Å². The first-order chi connectivity index (χ1) is 15.7. The lowest BCUT2D eigenvalue weighted by Gasteiger charge is -2.16. The minimum Gasteiger partial charge on any atom is -0.508 e. The molecule has 166 valence electrons. The lowest BCUT2D eigenvalue weighted by Crippen LogP contribution is -2.32. The van der Waals surface area contributed by atoms with Crippen LogP contribution in [0.2, 0.25) is 10.0 Å². The Morgan fingerprint density at radius 1 is 0.848 bits per heavy atom. The third kappa shape index (κ3) is 4.66. The summed E-state index contributed by atoms with van der Waals surface area (Å²) in [4.78, 5) is 39.1. The summed E-state index contributed by atoms with van der Waals surface area (Å²) in [6, 6.07) is 16.7. The first-order valence-electron chi connectivity index (χ1n) is 9.45. The smallest absolute Gasteiger partial charge is 0.283 e. The normalized spacial score (nSPS) is 13.5. The third-order valence-electron chi connectivity index (χ3n) is 4.68. The number of imide groups is 1.